The maximum Gasteiger partial charge on any atom is 0.311 e. The lowest BCUT2D eigenvalue weighted by Crippen LogP contribution is -2.52. The van der Waals surface area contributed by atoms with Crippen LogP contribution in [0.1, 0.15) is 227 Å². The summed E-state index contributed by atoms with van der Waals surface area (Å²) in [6.45, 7) is 37.3. The fourth-order valence-electron chi connectivity index (χ4n) is 19.8. The molecular formula is C78H141N5O13+4. The summed E-state index contributed by atoms with van der Waals surface area (Å²) in [6, 6.07) is 3.78. The minimum atomic E-state index is -0.814. The van der Waals surface area contributed by atoms with Gasteiger partial charge >= 0.3 is 5.97 Å². The number of carbonyl (C=O) groups excluding carboxylic acids is 1. The van der Waals surface area contributed by atoms with Crippen LogP contribution < -0.4 is 0 Å². The van der Waals surface area contributed by atoms with E-state index in [2.05, 4.69) is 67.7 Å². The lowest BCUT2D eigenvalue weighted by molar-refractivity contribution is -0.916. The summed E-state index contributed by atoms with van der Waals surface area (Å²) in [7, 11) is 9.40. The monoisotopic (exact) mass is 1360 g/mol. The molecule has 13 fully saturated rings. The second kappa shape index (κ2) is 35.1. The van der Waals surface area contributed by atoms with Gasteiger partial charge in [-0.05, 0) is 197 Å². The number of fused-ring (bicyclic) bond motifs is 2. The van der Waals surface area contributed by atoms with E-state index in [4.69, 9.17) is 56.5 Å². The van der Waals surface area contributed by atoms with Gasteiger partial charge in [-0.2, -0.15) is 0 Å². The van der Waals surface area contributed by atoms with E-state index >= 15 is 0 Å². The fraction of sp³-hybridized carbons (Fsp3) is 0.936. The lowest BCUT2D eigenvalue weighted by atomic mass is 9.67. The molecule has 10 saturated heterocycles. The average Bonchev–Trinajstić information content (AvgIpc) is 1.60. The zero-order valence-electron chi connectivity index (χ0n) is 62.9. The predicted molar refractivity (Wildman–Crippen MR) is 374 cm³/mol. The Balaban J connectivity index is 0.000000131. The second-order valence-electron chi connectivity index (χ2n) is 35.0. The number of ether oxygens (including phenoxy) is 11. The molecule has 0 N–H and O–H groups in total. The highest BCUT2D eigenvalue weighted by atomic mass is 16.8. The summed E-state index contributed by atoms with van der Waals surface area (Å²) in [4.78, 5) is 14.1. The number of furan rings is 1. The number of quaternary nitrogens is 4. The third-order valence-electron chi connectivity index (χ3n) is 25.0. The van der Waals surface area contributed by atoms with Crippen molar-refractivity contribution in [3.05, 3.63) is 24.2 Å². The molecule has 12 unspecified atom stereocenters. The highest BCUT2D eigenvalue weighted by Gasteiger charge is 2.54. The quantitative estimate of drug-likeness (QED) is 0.102. The lowest BCUT2D eigenvalue weighted by Gasteiger charge is -2.39. The van der Waals surface area contributed by atoms with E-state index in [9.17, 15) is 4.79 Å². The molecule has 0 radical (unpaired) electrons. The Bertz CT molecular complexity index is 2420. The van der Waals surface area contributed by atoms with Crippen LogP contribution in [0.3, 0.4) is 0 Å². The highest BCUT2D eigenvalue weighted by Crippen LogP contribution is 2.61. The maximum atomic E-state index is 11.6. The number of nitrogens with zero attached hydrogens (tertiary/aromatic N) is 5. The van der Waals surface area contributed by atoms with Gasteiger partial charge in [-0.25, -0.2) is 0 Å². The van der Waals surface area contributed by atoms with Crippen molar-refractivity contribution in [2.24, 2.45) is 29.1 Å². The summed E-state index contributed by atoms with van der Waals surface area (Å²) in [5.74, 6) is 2.50. The highest BCUT2D eigenvalue weighted by molar-refractivity contribution is 5.70. The van der Waals surface area contributed by atoms with Gasteiger partial charge in [0.1, 0.15) is 50.6 Å². The van der Waals surface area contributed by atoms with Crippen molar-refractivity contribution in [2.75, 3.05) is 166 Å². The first kappa shape index (κ1) is 76.8. The third-order valence-corrected chi connectivity index (χ3v) is 25.0. The van der Waals surface area contributed by atoms with Crippen LogP contribution in [0.25, 0.3) is 0 Å². The van der Waals surface area contributed by atoms with Crippen LogP contribution in [0.15, 0.2) is 22.8 Å². The molecule has 0 aromatic carbocycles. The van der Waals surface area contributed by atoms with Crippen LogP contribution in [-0.4, -0.2) is 249 Å². The van der Waals surface area contributed by atoms with E-state index in [1.165, 1.54) is 209 Å². The number of piperidine rings is 5. The van der Waals surface area contributed by atoms with E-state index in [0.29, 0.717) is 43.4 Å². The van der Waals surface area contributed by atoms with Crippen LogP contribution >= 0.6 is 0 Å². The number of hydrogen-bond donors (Lipinski definition) is 0. The van der Waals surface area contributed by atoms with E-state index in [0.717, 1.165) is 111 Å². The molecule has 1 aromatic heterocycles. The molecule has 3 aliphatic carbocycles. The van der Waals surface area contributed by atoms with Gasteiger partial charge in [0.25, 0.3) is 0 Å². The molecule has 2 bridgehead atoms. The molecule has 18 nitrogen and oxygen atoms in total. The Hall–Kier alpha value is -1.85. The van der Waals surface area contributed by atoms with E-state index in [1.807, 2.05) is 19.1 Å². The minimum absolute atomic E-state index is 0.0680. The number of carbonyl (C=O) groups is 1. The Morgan fingerprint density at radius 3 is 1.59 bits per heavy atom. The Labute approximate surface area is 582 Å². The molecule has 552 valence electrons. The van der Waals surface area contributed by atoms with Gasteiger partial charge in [-0.1, -0.05) is 40.5 Å². The minimum Gasteiger partial charge on any atom is -0.466 e. The molecule has 0 amide bonds. The molecule has 18 heteroatoms. The van der Waals surface area contributed by atoms with Crippen molar-refractivity contribution in [1.82, 2.24) is 4.90 Å². The van der Waals surface area contributed by atoms with Gasteiger partial charge < -0.3 is 79.4 Å². The van der Waals surface area contributed by atoms with Crippen molar-refractivity contribution >= 4 is 5.97 Å². The molecule has 12 atom stereocenters. The van der Waals surface area contributed by atoms with Crippen molar-refractivity contribution in [3.63, 3.8) is 0 Å². The number of likely N-dealkylation sites (N-methyl/N-ethyl adjacent to an activating group) is 4. The van der Waals surface area contributed by atoms with Crippen molar-refractivity contribution in [3.8, 4) is 0 Å². The van der Waals surface area contributed by atoms with Gasteiger partial charge in [0.15, 0.2) is 29.4 Å². The van der Waals surface area contributed by atoms with Gasteiger partial charge in [-0.3, -0.25) is 4.79 Å². The fourth-order valence-corrected chi connectivity index (χ4v) is 19.8. The van der Waals surface area contributed by atoms with Crippen molar-refractivity contribution in [1.29, 1.82) is 0 Å². The smallest absolute Gasteiger partial charge is 0.311 e. The van der Waals surface area contributed by atoms with Gasteiger partial charge in [0.2, 0.25) is 6.29 Å². The molecule has 3 saturated carbocycles. The first-order valence-electron chi connectivity index (χ1n) is 39.7. The maximum absolute atomic E-state index is 11.6. The molecular weight excluding hydrogens is 1210 g/mol. The van der Waals surface area contributed by atoms with E-state index in [-0.39, 0.29) is 54.9 Å². The van der Waals surface area contributed by atoms with Crippen LogP contribution in [0.4, 0.5) is 0 Å². The number of esters is 1. The molecule has 1 aromatic rings. The van der Waals surface area contributed by atoms with Gasteiger partial charge in [0.05, 0.1) is 139 Å². The van der Waals surface area contributed by atoms with E-state index in [1.54, 1.807) is 13.2 Å². The Morgan fingerprint density at radius 1 is 0.573 bits per heavy atom. The summed E-state index contributed by atoms with van der Waals surface area (Å²) < 4.78 is 74.9. The second-order valence-corrected chi connectivity index (χ2v) is 35.0. The average molecular weight is 1360 g/mol. The van der Waals surface area contributed by atoms with E-state index < -0.39 is 5.79 Å². The van der Waals surface area contributed by atoms with Crippen molar-refractivity contribution in [2.45, 2.75) is 276 Å². The molecule has 96 heavy (non-hydrogen) atoms. The molecule has 14 rings (SSSR count). The van der Waals surface area contributed by atoms with Gasteiger partial charge in [-0.15, -0.1) is 0 Å². The van der Waals surface area contributed by atoms with Crippen LogP contribution in [0.2, 0.25) is 0 Å². The first-order valence-corrected chi connectivity index (χ1v) is 39.7. The SMILES string of the molecule is CC(C)CC1(C)OCC(C[N+]2(C)CCCCC2)O1.CC1(C)C2CCC(C2)C1CC1OCC(CN2CCCCC2)O1.CCOC(=O)CC1(C)OCC(C[N+]2(C)CCCCC2)O1.C[N+]1(CC2COC(c3ccco3)O2)CCCCC1.C[N+]1(CC2COC3(CCCCC3)O2)CCCCC1. The van der Waals surface area contributed by atoms with Gasteiger partial charge in [0, 0.05) is 32.2 Å². The van der Waals surface area contributed by atoms with Crippen LogP contribution in [-0.2, 0) is 56.9 Å². The number of likely N-dealkylation sites (tertiary alicyclic amines) is 5. The molecule has 1 spiro atoms. The normalized spacial score (nSPS) is 36.4. The topological polar surface area (TPSA) is 135 Å². The third kappa shape index (κ3) is 22.6. The molecule has 11 heterocycles. The van der Waals surface area contributed by atoms with Crippen molar-refractivity contribution < 1.29 is 79.2 Å². The largest absolute Gasteiger partial charge is 0.466 e. The summed E-state index contributed by atoms with van der Waals surface area (Å²) >= 11 is 0. The Morgan fingerprint density at radius 2 is 1.07 bits per heavy atom. The van der Waals surface area contributed by atoms with Crippen LogP contribution in [0.5, 0.6) is 0 Å². The number of rotatable bonds is 18. The molecule has 13 aliphatic rings. The van der Waals surface area contributed by atoms with Crippen LogP contribution in [0, 0.1) is 29.1 Å². The summed E-state index contributed by atoms with van der Waals surface area (Å²) in [6.07, 6.45) is 35.9. The molecule has 10 aliphatic heterocycles. The Kier molecular flexibility index (Phi) is 28.1. The zero-order valence-corrected chi connectivity index (χ0v) is 62.9. The zero-order chi connectivity index (χ0) is 67.9. The summed E-state index contributed by atoms with van der Waals surface area (Å²) in [5.41, 5.74) is 0.501. The first-order chi connectivity index (χ1) is 45.9. The standard InChI is InChI=1S/C19H33NO2.C15H28NO4.C15H28NO2.C15H30NO2.C14H22NO3/c1-19(2)15-7-6-14(10-15)17(19)11-18-21-13-16(22-18)12-20-8-4-3-5-9-20;1-4-18-14(17)10-15(2)19-12-13(20-15)11-16(3)8-6-5-7-9-16;1-16(10-6-3-7-11-16)12-14-13-17-15(18-14)8-4-2-5-9-15;1-13(2)10-15(3)17-12-14(18-15)11-16(4)8-6-5-7-9-16;1-15(7-3-2-4-8-15)10-12-11-17-14(18-12)13-6-5-9-16-13/h14-18H,3-13H2,1-2H3;13H,4-12H2,1-3H3;14H,2-13H2,1H3;13-14H,5-12H2,1-4H3;5-6,9,12,14H,2-4,7-8,10-11H2,1H3/q;4*+1. The number of hydrogen-bond acceptors (Lipinski definition) is 14. The summed E-state index contributed by atoms with van der Waals surface area (Å²) in [5, 5.41) is 0. The predicted octanol–water partition coefficient (Wildman–Crippen LogP) is 13.2.